The predicted octanol–water partition coefficient (Wildman–Crippen LogP) is 2.60. The molecule has 0 saturated carbocycles. The molecule has 10 heteroatoms. The molecule has 0 atom stereocenters. The zero-order chi connectivity index (χ0) is 21.7. The van der Waals surface area contributed by atoms with Crippen molar-refractivity contribution >= 4 is 18.0 Å². The first-order valence-corrected chi connectivity index (χ1v) is 10.1. The third-order valence-electron chi connectivity index (χ3n) is 5.36. The van der Waals surface area contributed by atoms with Gasteiger partial charge in [0.15, 0.2) is 17.4 Å². The first-order chi connectivity index (χ1) is 14.4. The molecule has 1 aromatic heterocycles. The maximum absolute atomic E-state index is 14.2. The van der Waals surface area contributed by atoms with Gasteiger partial charge in [-0.3, -0.25) is 15.3 Å². The van der Waals surface area contributed by atoms with Crippen LogP contribution in [0, 0.1) is 11.2 Å². The summed E-state index contributed by atoms with van der Waals surface area (Å²) in [6.45, 7) is 6.86. The summed E-state index contributed by atoms with van der Waals surface area (Å²) >= 11 is 0. The van der Waals surface area contributed by atoms with E-state index in [2.05, 4.69) is 27.0 Å². The van der Waals surface area contributed by atoms with E-state index < -0.39 is 5.82 Å². The van der Waals surface area contributed by atoms with Crippen molar-refractivity contribution in [1.82, 2.24) is 15.0 Å². The van der Waals surface area contributed by atoms with Gasteiger partial charge in [-0.2, -0.15) is 4.98 Å². The van der Waals surface area contributed by atoms with Gasteiger partial charge in [0.2, 0.25) is 0 Å². The van der Waals surface area contributed by atoms with Gasteiger partial charge in [0.1, 0.15) is 12.9 Å². The SMILES string of the molecule is CC(C)c1noc(N2CCC(N(C)CCOc3ccc(N(N)C=N)cc3F)CC2)n1. The monoisotopic (exact) mass is 419 g/mol. The van der Waals surface area contributed by atoms with E-state index in [-0.39, 0.29) is 11.7 Å². The summed E-state index contributed by atoms with van der Waals surface area (Å²) in [5.41, 5.74) is 0.389. The first kappa shape index (κ1) is 22.0. The minimum absolute atomic E-state index is 0.178. The third kappa shape index (κ3) is 5.25. The quantitative estimate of drug-likeness (QED) is 0.276. The predicted molar refractivity (Wildman–Crippen MR) is 114 cm³/mol. The van der Waals surface area contributed by atoms with Gasteiger partial charge in [-0.05, 0) is 32.0 Å². The van der Waals surface area contributed by atoms with Crippen molar-refractivity contribution in [2.45, 2.75) is 38.6 Å². The van der Waals surface area contributed by atoms with E-state index in [0.29, 0.717) is 30.9 Å². The van der Waals surface area contributed by atoms with Gasteiger partial charge in [-0.25, -0.2) is 10.2 Å². The highest BCUT2D eigenvalue weighted by Crippen LogP contribution is 2.24. The van der Waals surface area contributed by atoms with Crippen LogP contribution in [0.4, 0.5) is 16.1 Å². The first-order valence-electron chi connectivity index (χ1n) is 10.1. The lowest BCUT2D eigenvalue weighted by Crippen LogP contribution is -2.44. The Bertz CT molecular complexity index is 836. The molecule has 3 rings (SSSR count). The number of hydrazine groups is 1. The fourth-order valence-corrected chi connectivity index (χ4v) is 3.41. The minimum Gasteiger partial charge on any atom is -0.489 e. The van der Waals surface area contributed by atoms with E-state index >= 15 is 0 Å². The second kappa shape index (κ2) is 9.86. The Morgan fingerprint density at radius 2 is 2.13 bits per heavy atom. The van der Waals surface area contributed by atoms with Crippen LogP contribution >= 0.6 is 0 Å². The highest BCUT2D eigenvalue weighted by Gasteiger charge is 2.25. The molecule has 0 unspecified atom stereocenters. The highest BCUT2D eigenvalue weighted by molar-refractivity contribution is 5.75. The molecule has 1 fully saturated rings. The summed E-state index contributed by atoms with van der Waals surface area (Å²) < 4.78 is 25.2. The number of rotatable bonds is 9. The smallest absolute Gasteiger partial charge is 0.324 e. The molecule has 0 amide bonds. The largest absolute Gasteiger partial charge is 0.489 e. The third-order valence-corrected chi connectivity index (χ3v) is 5.36. The Morgan fingerprint density at radius 3 is 2.73 bits per heavy atom. The van der Waals surface area contributed by atoms with Crippen LogP contribution in [0.25, 0.3) is 0 Å². The number of hydrogen-bond donors (Lipinski definition) is 2. The Labute approximate surface area is 176 Å². The molecule has 9 nitrogen and oxygen atoms in total. The fourth-order valence-electron chi connectivity index (χ4n) is 3.41. The summed E-state index contributed by atoms with van der Waals surface area (Å²) in [6.07, 6.45) is 2.88. The summed E-state index contributed by atoms with van der Waals surface area (Å²) in [5.74, 6) is 6.22. The van der Waals surface area contributed by atoms with E-state index in [1.807, 2.05) is 13.8 Å². The lowest BCUT2D eigenvalue weighted by Gasteiger charge is -2.35. The summed E-state index contributed by atoms with van der Waals surface area (Å²) in [5, 5.41) is 12.2. The fraction of sp³-hybridized carbons (Fsp3) is 0.550. The van der Waals surface area contributed by atoms with E-state index in [1.54, 1.807) is 6.07 Å². The van der Waals surface area contributed by atoms with Crippen molar-refractivity contribution in [2.75, 3.05) is 43.2 Å². The lowest BCUT2D eigenvalue weighted by molar-refractivity contribution is 0.166. The number of aromatic nitrogens is 2. The standard InChI is InChI=1S/C20H30FN7O2/c1-14(2)19-24-20(30-25-19)27-8-6-15(7-9-27)26(3)10-11-29-18-5-4-16(12-17(18)21)28(23)13-22/h4-5,12-15,22H,6-11,23H2,1-3H3. The molecule has 1 aromatic carbocycles. The summed E-state index contributed by atoms with van der Waals surface area (Å²) in [7, 11) is 2.06. The van der Waals surface area contributed by atoms with Crippen molar-refractivity contribution in [3.05, 3.63) is 29.8 Å². The number of ether oxygens (including phenoxy) is 1. The Kier molecular flexibility index (Phi) is 7.22. The number of benzene rings is 1. The maximum Gasteiger partial charge on any atom is 0.324 e. The van der Waals surface area contributed by atoms with Gasteiger partial charge in [0.25, 0.3) is 0 Å². The van der Waals surface area contributed by atoms with Crippen LogP contribution in [0.2, 0.25) is 0 Å². The van der Waals surface area contributed by atoms with Crippen LogP contribution in [0.3, 0.4) is 0 Å². The topological polar surface area (TPSA) is 108 Å². The average Bonchev–Trinajstić information content (AvgIpc) is 3.25. The van der Waals surface area contributed by atoms with Gasteiger partial charge >= 0.3 is 6.01 Å². The molecular weight excluding hydrogens is 389 g/mol. The van der Waals surface area contributed by atoms with Crippen molar-refractivity contribution in [3.8, 4) is 5.75 Å². The number of piperidine rings is 1. The average molecular weight is 420 g/mol. The van der Waals surface area contributed by atoms with Crippen molar-refractivity contribution in [1.29, 1.82) is 5.41 Å². The second-order valence-electron chi connectivity index (χ2n) is 7.79. The Hall–Kier alpha value is -2.72. The molecule has 30 heavy (non-hydrogen) atoms. The van der Waals surface area contributed by atoms with Crippen LogP contribution in [0.15, 0.2) is 22.7 Å². The molecule has 1 saturated heterocycles. The molecule has 0 bridgehead atoms. The normalized spacial score (nSPS) is 15.1. The van der Waals surface area contributed by atoms with Crippen molar-refractivity contribution < 1.29 is 13.7 Å². The highest BCUT2D eigenvalue weighted by atomic mass is 19.1. The molecule has 0 spiro atoms. The molecule has 2 heterocycles. The molecule has 164 valence electrons. The molecule has 3 N–H and O–H groups in total. The minimum atomic E-state index is -0.499. The summed E-state index contributed by atoms with van der Waals surface area (Å²) in [6, 6.07) is 5.42. The maximum atomic E-state index is 14.2. The van der Waals surface area contributed by atoms with Crippen LogP contribution < -0.4 is 20.5 Å². The van der Waals surface area contributed by atoms with E-state index in [0.717, 1.165) is 43.1 Å². The zero-order valence-electron chi connectivity index (χ0n) is 17.7. The lowest BCUT2D eigenvalue weighted by atomic mass is 10.0. The van der Waals surface area contributed by atoms with Gasteiger partial charge in [-0.15, -0.1) is 0 Å². The van der Waals surface area contributed by atoms with Crippen molar-refractivity contribution in [2.24, 2.45) is 5.84 Å². The number of hydrogen-bond acceptors (Lipinski definition) is 8. The van der Waals surface area contributed by atoms with Crippen molar-refractivity contribution in [3.63, 3.8) is 0 Å². The van der Waals surface area contributed by atoms with Gasteiger partial charge in [0, 0.05) is 37.7 Å². The van der Waals surface area contributed by atoms with Gasteiger partial charge in [-0.1, -0.05) is 19.0 Å². The molecule has 1 aliphatic heterocycles. The van der Waals surface area contributed by atoms with Crippen LogP contribution in [-0.4, -0.2) is 60.7 Å². The Morgan fingerprint density at radius 1 is 1.40 bits per heavy atom. The Balaban J connectivity index is 1.44. The van der Waals surface area contributed by atoms with E-state index in [4.69, 9.17) is 20.5 Å². The van der Waals surface area contributed by atoms with E-state index in [1.165, 1.54) is 12.1 Å². The molecular formula is C20H30FN7O2. The molecule has 2 aromatic rings. The number of likely N-dealkylation sites (N-methyl/N-ethyl adjacent to an activating group) is 1. The second-order valence-corrected chi connectivity index (χ2v) is 7.79. The number of nitrogens with zero attached hydrogens (tertiary/aromatic N) is 5. The van der Waals surface area contributed by atoms with E-state index in [9.17, 15) is 4.39 Å². The molecule has 1 aliphatic rings. The number of anilines is 2. The zero-order valence-corrected chi connectivity index (χ0v) is 17.7. The number of nitrogens with two attached hydrogens (primary N) is 1. The van der Waals surface area contributed by atoms with Crippen LogP contribution in [0.5, 0.6) is 5.75 Å². The molecule has 0 radical (unpaired) electrons. The van der Waals surface area contributed by atoms with Crippen LogP contribution in [-0.2, 0) is 0 Å². The van der Waals surface area contributed by atoms with Gasteiger partial charge < -0.3 is 14.2 Å². The molecule has 0 aliphatic carbocycles. The van der Waals surface area contributed by atoms with Gasteiger partial charge in [0.05, 0.1) is 5.69 Å². The number of nitrogens with one attached hydrogen (secondary N) is 1. The number of halogens is 1. The summed E-state index contributed by atoms with van der Waals surface area (Å²) in [4.78, 5) is 8.85. The van der Waals surface area contributed by atoms with Crippen LogP contribution in [0.1, 0.15) is 38.4 Å².